The van der Waals surface area contributed by atoms with E-state index in [1.165, 1.54) is 0 Å². The molecule has 0 aliphatic heterocycles. The minimum Gasteiger partial charge on any atom is -0.447 e. The molecule has 0 aliphatic carbocycles. The second-order valence-electron chi connectivity index (χ2n) is 5.82. The highest BCUT2D eigenvalue weighted by atomic mass is 35.5. The average Bonchev–Trinajstić information content (AvgIpc) is 3.16. The third-order valence-corrected chi connectivity index (χ3v) is 3.97. The van der Waals surface area contributed by atoms with Crippen LogP contribution in [0.1, 0.15) is 5.89 Å². The van der Waals surface area contributed by atoms with Gasteiger partial charge in [0, 0.05) is 29.1 Å². The van der Waals surface area contributed by atoms with Crippen molar-refractivity contribution in [1.29, 1.82) is 0 Å². The van der Waals surface area contributed by atoms with Crippen LogP contribution in [-0.4, -0.2) is 31.4 Å². The van der Waals surface area contributed by atoms with Crippen LogP contribution in [0.3, 0.4) is 0 Å². The molecule has 1 aromatic heterocycles. The van der Waals surface area contributed by atoms with Crippen LogP contribution in [0.25, 0.3) is 11.3 Å². The first-order valence-electron chi connectivity index (χ1n) is 8.61. The molecule has 0 spiro atoms. The first-order valence-corrected chi connectivity index (χ1v) is 8.99. The van der Waals surface area contributed by atoms with Crippen LogP contribution in [-0.2, 0) is 16.0 Å². The van der Waals surface area contributed by atoms with E-state index in [9.17, 15) is 4.79 Å². The van der Waals surface area contributed by atoms with E-state index in [4.69, 9.17) is 25.5 Å². The number of anilines is 2. The number of ether oxygens (including phenoxy) is 2. The molecule has 0 unspecified atom stereocenters. The lowest BCUT2D eigenvalue weighted by molar-refractivity contribution is 0.107. The van der Waals surface area contributed by atoms with E-state index in [0.717, 1.165) is 11.3 Å². The third-order valence-electron chi connectivity index (χ3n) is 3.74. The van der Waals surface area contributed by atoms with Crippen molar-refractivity contribution in [3.63, 3.8) is 0 Å². The molecule has 0 radical (unpaired) electrons. The van der Waals surface area contributed by atoms with Crippen molar-refractivity contribution >= 4 is 29.1 Å². The number of halogens is 1. The molecule has 1 amide bonds. The summed E-state index contributed by atoms with van der Waals surface area (Å²) in [5, 5.41) is 6.51. The van der Waals surface area contributed by atoms with Crippen LogP contribution in [0, 0.1) is 0 Å². The number of rotatable bonds is 8. The highest BCUT2D eigenvalue weighted by Crippen LogP contribution is 2.24. The SMILES string of the molecule is COCCOC(=O)Nc1cccc(NCc2ncc(-c3cccc(Cl)c3)o2)c1. The molecule has 3 aromatic rings. The Morgan fingerprint density at radius 3 is 2.79 bits per heavy atom. The first-order chi connectivity index (χ1) is 13.6. The van der Waals surface area contributed by atoms with Gasteiger partial charge in [-0.15, -0.1) is 0 Å². The molecular weight excluding hydrogens is 382 g/mol. The quantitative estimate of drug-likeness (QED) is 0.527. The fourth-order valence-corrected chi connectivity index (χ4v) is 2.61. The van der Waals surface area contributed by atoms with Crippen molar-refractivity contribution < 1.29 is 18.7 Å². The number of methoxy groups -OCH3 is 1. The molecular formula is C20H20ClN3O4. The van der Waals surface area contributed by atoms with Gasteiger partial charge in [-0.05, 0) is 30.3 Å². The molecule has 7 nitrogen and oxygen atoms in total. The van der Waals surface area contributed by atoms with Crippen molar-refractivity contribution in [2.24, 2.45) is 0 Å². The van der Waals surface area contributed by atoms with E-state index < -0.39 is 6.09 Å². The molecule has 28 heavy (non-hydrogen) atoms. The summed E-state index contributed by atoms with van der Waals surface area (Å²) < 4.78 is 15.6. The van der Waals surface area contributed by atoms with Gasteiger partial charge >= 0.3 is 6.09 Å². The number of carbonyl (C=O) groups excluding carboxylic acids is 1. The highest BCUT2D eigenvalue weighted by molar-refractivity contribution is 6.30. The van der Waals surface area contributed by atoms with Gasteiger partial charge in [0.2, 0.25) is 5.89 Å². The molecule has 0 atom stereocenters. The molecule has 146 valence electrons. The van der Waals surface area contributed by atoms with Gasteiger partial charge in [-0.1, -0.05) is 29.8 Å². The minimum absolute atomic E-state index is 0.194. The summed E-state index contributed by atoms with van der Waals surface area (Å²) in [5.74, 6) is 1.18. The Morgan fingerprint density at radius 1 is 1.14 bits per heavy atom. The van der Waals surface area contributed by atoms with Crippen molar-refractivity contribution in [2.45, 2.75) is 6.54 Å². The molecule has 0 saturated carbocycles. The van der Waals surface area contributed by atoms with Crippen LogP contribution in [0.4, 0.5) is 16.2 Å². The van der Waals surface area contributed by atoms with Crippen molar-refractivity contribution in [1.82, 2.24) is 4.98 Å². The van der Waals surface area contributed by atoms with Gasteiger partial charge < -0.3 is 19.2 Å². The normalized spacial score (nSPS) is 10.5. The number of nitrogens with zero attached hydrogens (tertiary/aromatic N) is 1. The maximum atomic E-state index is 11.7. The molecule has 3 rings (SSSR count). The summed E-state index contributed by atoms with van der Waals surface area (Å²) in [7, 11) is 1.54. The van der Waals surface area contributed by atoms with Crippen molar-refractivity contribution in [3.05, 3.63) is 65.6 Å². The zero-order valence-electron chi connectivity index (χ0n) is 15.3. The third kappa shape index (κ3) is 5.73. The summed E-state index contributed by atoms with van der Waals surface area (Å²) in [4.78, 5) is 16.0. The van der Waals surface area contributed by atoms with E-state index in [-0.39, 0.29) is 6.61 Å². The predicted molar refractivity (Wildman–Crippen MR) is 108 cm³/mol. The first kappa shape index (κ1) is 19.7. The topological polar surface area (TPSA) is 85.6 Å². The van der Waals surface area contributed by atoms with E-state index in [2.05, 4.69) is 15.6 Å². The second kappa shape index (κ2) is 9.77. The Kier molecular flexibility index (Phi) is 6.89. The summed E-state index contributed by atoms with van der Waals surface area (Å²) in [6.07, 6.45) is 1.13. The Hall–Kier alpha value is -3.03. The highest BCUT2D eigenvalue weighted by Gasteiger charge is 2.08. The number of nitrogens with one attached hydrogen (secondary N) is 2. The Labute approximate surface area is 167 Å². The summed E-state index contributed by atoms with van der Waals surface area (Å²) in [5.41, 5.74) is 2.28. The summed E-state index contributed by atoms with van der Waals surface area (Å²) >= 11 is 6.01. The smallest absolute Gasteiger partial charge is 0.411 e. The van der Waals surface area contributed by atoms with E-state index in [1.54, 1.807) is 31.5 Å². The predicted octanol–water partition coefficient (Wildman–Crippen LogP) is 4.80. The lowest BCUT2D eigenvalue weighted by Gasteiger charge is -2.09. The summed E-state index contributed by atoms with van der Waals surface area (Å²) in [6, 6.07) is 14.6. The van der Waals surface area contributed by atoms with Crippen LogP contribution < -0.4 is 10.6 Å². The van der Waals surface area contributed by atoms with Gasteiger partial charge in [0.25, 0.3) is 0 Å². The zero-order chi connectivity index (χ0) is 19.8. The number of amides is 1. The van der Waals surface area contributed by atoms with Gasteiger partial charge in [-0.3, -0.25) is 5.32 Å². The molecule has 2 aromatic carbocycles. The lowest BCUT2D eigenvalue weighted by atomic mass is 10.2. The van der Waals surface area contributed by atoms with Crippen LogP contribution in [0.5, 0.6) is 0 Å². The van der Waals surface area contributed by atoms with Gasteiger partial charge in [0.1, 0.15) is 6.61 Å². The Morgan fingerprint density at radius 2 is 1.96 bits per heavy atom. The number of benzene rings is 2. The second-order valence-corrected chi connectivity index (χ2v) is 6.25. The molecule has 2 N–H and O–H groups in total. The van der Waals surface area contributed by atoms with Gasteiger partial charge in [0.15, 0.2) is 5.76 Å². The van der Waals surface area contributed by atoms with E-state index >= 15 is 0 Å². The van der Waals surface area contributed by atoms with Gasteiger partial charge in [0.05, 0.1) is 19.3 Å². The molecule has 0 fully saturated rings. The molecule has 1 heterocycles. The van der Waals surface area contributed by atoms with Crippen LogP contribution in [0.2, 0.25) is 5.02 Å². The van der Waals surface area contributed by atoms with Gasteiger partial charge in [-0.25, -0.2) is 9.78 Å². The van der Waals surface area contributed by atoms with Crippen LogP contribution in [0.15, 0.2) is 59.1 Å². The molecule has 0 saturated heterocycles. The molecule has 0 aliphatic rings. The fraction of sp³-hybridized carbons (Fsp3) is 0.200. The Bertz CT molecular complexity index is 929. The standard InChI is InChI=1S/C20H20ClN3O4/c1-26-8-9-27-20(25)24-17-7-3-6-16(11-17)22-13-19-23-12-18(28-19)14-4-2-5-15(21)10-14/h2-7,10-12,22H,8-9,13H2,1H3,(H,24,25). The number of hydrogen-bond donors (Lipinski definition) is 2. The zero-order valence-corrected chi connectivity index (χ0v) is 16.0. The Balaban J connectivity index is 1.56. The maximum absolute atomic E-state index is 11.7. The lowest BCUT2D eigenvalue weighted by Crippen LogP contribution is -2.16. The van der Waals surface area contributed by atoms with Crippen molar-refractivity contribution in [2.75, 3.05) is 31.0 Å². The van der Waals surface area contributed by atoms with Gasteiger partial charge in [-0.2, -0.15) is 0 Å². The maximum Gasteiger partial charge on any atom is 0.411 e. The van der Waals surface area contributed by atoms with Crippen LogP contribution >= 0.6 is 11.6 Å². The minimum atomic E-state index is -0.534. The number of carbonyl (C=O) groups is 1. The fourth-order valence-electron chi connectivity index (χ4n) is 2.42. The van der Waals surface area contributed by atoms with Crippen molar-refractivity contribution in [3.8, 4) is 11.3 Å². The summed E-state index contributed by atoms with van der Waals surface area (Å²) in [6.45, 7) is 0.935. The average molecular weight is 402 g/mol. The number of hydrogen-bond acceptors (Lipinski definition) is 6. The number of oxazole rings is 1. The molecule has 0 bridgehead atoms. The largest absolute Gasteiger partial charge is 0.447 e. The molecule has 8 heteroatoms. The van der Waals surface area contributed by atoms with E-state index in [0.29, 0.717) is 35.5 Å². The van der Waals surface area contributed by atoms with E-state index in [1.807, 2.05) is 30.3 Å². The monoisotopic (exact) mass is 401 g/mol. The number of aromatic nitrogens is 1.